The van der Waals surface area contributed by atoms with Crippen molar-refractivity contribution in [1.29, 1.82) is 0 Å². The van der Waals surface area contributed by atoms with Crippen molar-refractivity contribution in [2.45, 2.75) is 50.5 Å². The molecule has 0 radical (unpaired) electrons. The molecule has 31 heavy (non-hydrogen) atoms. The summed E-state index contributed by atoms with van der Waals surface area (Å²) in [6, 6.07) is 24.5. The summed E-state index contributed by atoms with van der Waals surface area (Å²) >= 11 is 4.74. The third kappa shape index (κ3) is 4.33. The molecule has 0 spiro atoms. The van der Waals surface area contributed by atoms with Crippen molar-refractivity contribution in [3.63, 3.8) is 0 Å². The lowest BCUT2D eigenvalue weighted by Crippen LogP contribution is -2.25. The Labute approximate surface area is 189 Å². The highest BCUT2D eigenvalue weighted by atomic mass is 32.1. The average molecular weight is 429 g/mol. The van der Waals surface area contributed by atoms with Crippen LogP contribution in [0.4, 0.5) is 0 Å². The van der Waals surface area contributed by atoms with E-state index >= 15 is 0 Å². The molecule has 4 aromatic carbocycles. The Bertz CT molecular complexity index is 1260. The maximum atomic E-state index is 12.9. The topological polar surface area (TPSA) is 26.3 Å². The van der Waals surface area contributed by atoms with E-state index in [1.165, 1.54) is 16.3 Å². The molecule has 4 rings (SSSR count). The normalized spacial score (nSPS) is 12.8. The van der Waals surface area contributed by atoms with Crippen molar-refractivity contribution >= 4 is 40.1 Å². The second kappa shape index (κ2) is 8.39. The Kier molecular flexibility index (Phi) is 5.81. The molecule has 1 atom stereocenters. The molecule has 0 amide bonds. The molecular weight excluding hydrogens is 400 g/mol. The molecule has 0 fully saturated rings. The molecule has 0 aliphatic carbocycles. The molecular formula is C28H28O2S. The number of rotatable bonds is 5. The first-order valence-corrected chi connectivity index (χ1v) is 11.2. The van der Waals surface area contributed by atoms with Crippen LogP contribution in [0.25, 0.3) is 21.5 Å². The highest BCUT2D eigenvalue weighted by Gasteiger charge is 2.27. The van der Waals surface area contributed by atoms with Crippen LogP contribution in [0, 0.1) is 0 Å². The first-order valence-electron chi connectivity index (χ1n) is 10.8. The largest absolute Gasteiger partial charge is 0.451 e. The van der Waals surface area contributed by atoms with E-state index in [1.807, 2.05) is 56.3 Å². The van der Waals surface area contributed by atoms with Crippen LogP contribution in [-0.4, -0.2) is 5.97 Å². The van der Waals surface area contributed by atoms with Crippen molar-refractivity contribution in [1.82, 2.24) is 0 Å². The van der Waals surface area contributed by atoms with Crippen molar-refractivity contribution < 1.29 is 9.53 Å². The summed E-state index contributed by atoms with van der Waals surface area (Å²) in [6.07, 6.45) is 1.07. The predicted octanol–water partition coefficient (Wildman–Crippen LogP) is 7.89. The van der Waals surface area contributed by atoms with Crippen LogP contribution >= 0.6 is 12.6 Å². The van der Waals surface area contributed by atoms with Gasteiger partial charge in [0.05, 0.1) is 5.56 Å². The number of ether oxygens (including phenoxy) is 1. The summed E-state index contributed by atoms with van der Waals surface area (Å²) in [4.78, 5) is 13.7. The smallest absolute Gasteiger partial charge is 0.338 e. The molecule has 0 saturated heterocycles. The van der Waals surface area contributed by atoms with E-state index in [2.05, 4.69) is 44.2 Å². The lowest BCUT2D eigenvalue weighted by atomic mass is 9.93. The molecule has 3 heteroatoms. The monoisotopic (exact) mass is 428 g/mol. The van der Waals surface area contributed by atoms with Crippen LogP contribution in [0.2, 0.25) is 0 Å². The molecule has 0 heterocycles. The fourth-order valence-corrected chi connectivity index (χ4v) is 4.25. The minimum Gasteiger partial charge on any atom is -0.451 e. The molecule has 0 aliphatic heterocycles. The summed E-state index contributed by atoms with van der Waals surface area (Å²) in [6.45, 7) is 8.20. The number of esters is 1. The summed E-state index contributed by atoms with van der Waals surface area (Å²) in [5, 5.41) is 4.54. The Morgan fingerprint density at radius 2 is 1.58 bits per heavy atom. The zero-order valence-electron chi connectivity index (χ0n) is 18.5. The zero-order valence-corrected chi connectivity index (χ0v) is 19.4. The first kappa shape index (κ1) is 21.5. The van der Waals surface area contributed by atoms with Gasteiger partial charge in [-0.2, -0.15) is 0 Å². The SMILES string of the molecule is CCC(C)c1ccc(C(=O)OC(C)(C)c2cc(S)c3cc4ccccc4cc3c2)cc1. The molecule has 0 aromatic heterocycles. The minimum atomic E-state index is -0.788. The summed E-state index contributed by atoms with van der Waals surface area (Å²) < 4.78 is 5.96. The van der Waals surface area contributed by atoms with E-state index in [0.29, 0.717) is 11.5 Å². The second-order valence-corrected chi connectivity index (χ2v) is 9.23. The molecule has 0 saturated carbocycles. The number of carbonyl (C=O) groups is 1. The number of hydrogen-bond donors (Lipinski definition) is 1. The average Bonchev–Trinajstić information content (AvgIpc) is 2.77. The van der Waals surface area contributed by atoms with E-state index in [-0.39, 0.29) is 5.97 Å². The van der Waals surface area contributed by atoms with Crippen molar-refractivity contribution in [3.05, 3.63) is 89.5 Å². The van der Waals surface area contributed by atoms with Crippen LogP contribution in [0.5, 0.6) is 0 Å². The van der Waals surface area contributed by atoms with Crippen LogP contribution in [-0.2, 0) is 10.3 Å². The Hall–Kier alpha value is -2.78. The van der Waals surface area contributed by atoms with Gasteiger partial charge in [-0.05, 0) is 95.3 Å². The molecule has 2 nitrogen and oxygen atoms in total. The summed E-state index contributed by atoms with van der Waals surface area (Å²) in [7, 11) is 0. The van der Waals surface area contributed by atoms with Gasteiger partial charge in [0, 0.05) is 4.90 Å². The van der Waals surface area contributed by atoms with Crippen molar-refractivity contribution in [3.8, 4) is 0 Å². The molecule has 0 N–H and O–H groups in total. The van der Waals surface area contributed by atoms with E-state index in [0.717, 1.165) is 27.7 Å². The molecule has 0 bridgehead atoms. The third-order valence-corrected chi connectivity index (χ3v) is 6.54. The van der Waals surface area contributed by atoms with Crippen LogP contribution in [0.3, 0.4) is 0 Å². The van der Waals surface area contributed by atoms with E-state index < -0.39 is 5.60 Å². The predicted molar refractivity (Wildman–Crippen MR) is 132 cm³/mol. The molecule has 4 aromatic rings. The van der Waals surface area contributed by atoms with Crippen LogP contribution in [0.1, 0.15) is 61.5 Å². The Balaban J connectivity index is 1.64. The second-order valence-electron chi connectivity index (χ2n) is 8.75. The van der Waals surface area contributed by atoms with Crippen LogP contribution < -0.4 is 0 Å². The minimum absolute atomic E-state index is 0.319. The van der Waals surface area contributed by atoms with Gasteiger partial charge < -0.3 is 4.74 Å². The summed E-state index contributed by atoms with van der Waals surface area (Å²) in [5.41, 5.74) is 1.94. The van der Waals surface area contributed by atoms with Gasteiger partial charge in [0.25, 0.3) is 0 Å². The Morgan fingerprint density at radius 3 is 2.23 bits per heavy atom. The van der Waals surface area contributed by atoms with Gasteiger partial charge in [-0.3, -0.25) is 0 Å². The number of fused-ring (bicyclic) bond motifs is 2. The maximum absolute atomic E-state index is 12.9. The van der Waals surface area contributed by atoms with Crippen molar-refractivity contribution in [2.75, 3.05) is 0 Å². The van der Waals surface area contributed by atoms with Gasteiger partial charge in [-0.15, -0.1) is 12.6 Å². The van der Waals surface area contributed by atoms with Gasteiger partial charge in [-0.1, -0.05) is 50.2 Å². The third-order valence-electron chi connectivity index (χ3n) is 6.17. The number of hydrogen-bond acceptors (Lipinski definition) is 3. The standard InChI is InChI=1S/C28H28O2S/c1-5-18(2)19-10-12-20(13-11-19)27(29)30-28(3,4)24-15-23-14-21-8-6-7-9-22(21)16-25(23)26(31)17-24/h6-18,31H,5H2,1-4H3. The highest BCUT2D eigenvalue weighted by molar-refractivity contribution is 7.80. The molecule has 158 valence electrons. The molecule has 0 aliphatic rings. The lowest BCUT2D eigenvalue weighted by molar-refractivity contribution is -0.00315. The lowest BCUT2D eigenvalue weighted by Gasteiger charge is -2.27. The van der Waals surface area contributed by atoms with Crippen molar-refractivity contribution in [2.24, 2.45) is 0 Å². The van der Waals surface area contributed by atoms with Gasteiger partial charge >= 0.3 is 5.97 Å². The first-order chi connectivity index (χ1) is 14.8. The highest BCUT2D eigenvalue weighted by Crippen LogP contribution is 2.34. The fourth-order valence-electron chi connectivity index (χ4n) is 3.91. The number of carbonyl (C=O) groups excluding carboxylic acids is 1. The van der Waals surface area contributed by atoms with E-state index in [4.69, 9.17) is 17.4 Å². The Morgan fingerprint density at radius 1 is 0.935 bits per heavy atom. The van der Waals surface area contributed by atoms with Gasteiger partial charge in [-0.25, -0.2) is 4.79 Å². The zero-order chi connectivity index (χ0) is 22.2. The number of benzene rings is 4. The van der Waals surface area contributed by atoms with Gasteiger partial charge in [0.2, 0.25) is 0 Å². The summed E-state index contributed by atoms with van der Waals surface area (Å²) in [5.74, 6) is 0.157. The quantitative estimate of drug-likeness (QED) is 0.199. The number of thiol groups is 1. The fraction of sp³-hybridized carbons (Fsp3) is 0.250. The van der Waals surface area contributed by atoms with Gasteiger partial charge in [0.15, 0.2) is 0 Å². The van der Waals surface area contributed by atoms with E-state index in [1.54, 1.807) is 0 Å². The van der Waals surface area contributed by atoms with Gasteiger partial charge in [0.1, 0.15) is 5.60 Å². The maximum Gasteiger partial charge on any atom is 0.338 e. The van der Waals surface area contributed by atoms with E-state index in [9.17, 15) is 4.79 Å². The van der Waals surface area contributed by atoms with Crippen LogP contribution in [0.15, 0.2) is 77.7 Å². The molecule has 1 unspecified atom stereocenters.